The summed E-state index contributed by atoms with van der Waals surface area (Å²) < 4.78 is 19.0. The lowest BCUT2D eigenvalue weighted by Crippen LogP contribution is -2.47. The highest BCUT2D eigenvalue weighted by Crippen LogP contribution is 2.37. The van der Waals surface area contributed by atoms with Crippen molar-refractivity contribution in [2.45, 2.75) is 70.6 Å². The van der Waals surface area contributed by atoms with E-state index in [9.17, 15) is 19.1 Å². The molecule has 0 bridgehead atoms. The summed E-state index contributed by atoms with van der Waals surface area (Å²) in [6.07, 6.45) is 1.20. The molecular formula is C19H26FN5O4. The Kier molecular flexibility index (Phi) is 6.19. The Morgan fingerprint density at radius 3 is 2.83 bits per heavy atom. The van der Waals surface area contributed by atoms with E-state index in [1.54, 1.807) is 26.1 Å². The predicted octanol–water partition coefficient (Wildman–Crippen LogP) is 3.25. The number of oxazole rings is 1. The van der Waals surface area contributed by atoms with Crippen LogP contribution < -0.4 is 5.32 Å². The van der Waals surface area contributed by atoms with Crippen LogP contribution in [0.15, 0.2) is 16.7 Å². The molecule has 1 saturated carbocycles. The zero-order valence-corrected chi connectivity index (χ0v) is 16.7. The van der Waals surface area contributed by atoms with E-state index in [-0.39, 0.29) is 24.3 Å². The average Bonchev–Trinajstić information content (AvgIpc) is 3.36. The third-order valence-corrected chi connectivity index (χ3v) is 5.41. The van der Waals surface area contributed by atoms with Gasteiger partial charge in [-0.1, -0.05) is 0 Å². The van der Waals surface area contributed by atoms with Crippen LogP contribution >= 0.6 is 0 Å². The van der Waals surface area contributed by atoms with E-state index >= 15 is 0 Å². The van der Waals surface area contributed by atoms with Crippen molar-refractivity contribution >= 4 is 17.8 Å². The van der Waals surface area contributed by atoms with Gasteiger partial charge in [-0.2, -0.15) is 5.10 Å². The number of carbonyl (C=O) groups is 2. The summed E-state index contributed by atoms with van der Waals surface area (Å²) in [7, 11) is 0. The smallest absolute Gasteiger partial charge is 0.407 e. The van der Waals surface area contributed by atoms with E-state index in [4.69, 9.17) is 4.42 Å². The van der Waals surface area contributed by atoms with E-state index in [0.29, 0.717) is 30.3 Å². The summed E-state index contributed by atoms with van der Waals surface area (Å²) in [5.41, 5.74) is 0.820. The minimum absolute atomic E-state index is 0.00834. The van der Waals surface area contributed by atoms with Gasteiger partial charge in [0.05, 0.1) is 12.2 Å². The highest BCUT2D eigenvalue weighted by Gasteiger charge is 2.37. The minimum atomic E-state index is -1.24. The molecule has 0 spiro atoms. The summed E-state index contributed by atoms with van der Waals surface area (Å²) in [6, 6.07) is 0.796. The Morgan fingerprint density at radius 2 is 2.21 bits per heavy atom. The summed E-state index contributed by atoms with van der Waals surface area (Å²) in [5, 5.41) is 19.2. The standard InChI is InChI=1S/C19H26FN5O4/c1-10-9-21-18(29-10)8-17(26)22-16-7-15(23-24-16)13-4-5-14(6-13)25(19(27)28)12(3)11(2)20/h7,9,11-14H,4-6,8H2,1-3H3,(H,27,28)(H2,22,23,24,26)/t11?,12?,13-,14+/m0/s1. The third-order valence-electron chi connectivity index (χ3n) is 5.41. The molecule has 3 N–H and O–H groups in total. The maximum absolute atomic E-state index is 13.7. The van der Waals surface area contributed by atoms with E-state index in [1.807, 2.05) is 0 Å². The molecule has 0 aromatic carbocycles. The second-order valence-corrected chi connectivity index (χ2v) is 7.57. The molecule has 1 aliphatic carbocycles. The predicted molar refractivity (Wildman–Crippen MR) is 102 cm³/mol. The normalized spacial score (nSPS) is 21.0. The summed E-state index contributed by atoms with van der Waals surface area (Å²) in [4.78, 5) is 29.0. The zero-order valence-electron chi connectivity index (χ0n) is 16.7. The number of carbonyl (C=O) groups excluding carboxylic acids is 1. The number of nitrogens with one attached hydrogen (secondary N) is 2. The zero-order chi connectivity index (χ0) is 21.1. The lowest BCUT2D eigenvalue weighted by atomic mass is 10.0. The van der Waals surface area contributed by atoms with E-state index < -0.39 is 18.3 Å². The molecule has 0 radical (unpaired) electrons. The van der Waals surface area contributed by atoms with Gasteiger partial charge in [-0.3, -0.25) is 14.8 Å². The van der Waals surface area contributed by atoms with E-state index in [0.717, 1.165) is 12.1 Å². The number of aryl methyl sites for hydroxylation is 1. The molecule has 2 amide bonds. The molecule has 2 aromatic heterocycles. The molecular weight excluding hydrogens is 381 g/mol. The molecule has 1 fully saturated rings. The number of amides is 2. The molecule has 10 heteroatoms. The molecule has 0 aliphatic heterocycles. The average molecular weight is 407 g/mol. The first-order valence-corrected chi connectivity index (χ1v) is 9.66. The second-order valence-electron chi connectivity index (χ2n) is 7.57. The fourth-order valence-corrected chi connectivity index (χ4v) is 3.79. The van der Waals surface area contributed by atoms with Crippen LogP contribution in [0.25, 0.3) is 0 Å². The van der Waals surface area contributed by atoms with E-state index in [1.165, 1.54) is 11.8 Å². The Bertz CT molecular complexity index is 864. The van der Waals surface area contributed by atoms with Gasteiger partial charge in [0, 0.05) is 23.7 Å². The van der Waals surface area contributed by atoms with Crippen LogP contribution in [-0.2, 0) is 11.2 Å². The van der Waals surface area contributed by atoms with Crippen molar-refractivity contribution in [3.8, 4) is 0 Å². The first kappa shape index (κ1) is 20.8. The van der Waals surface area contributed by atoms with Crippen LogP contribution in [0.1, 0.15) is 56.4 Å². The number of carboxylic acid groups (broad SMARTS) is 1. The van der Waals surface area contributed by atoms with Gasteiger partial charge >= 0.3 is 6.09 Å². The molecule has 158 valence electrons. The minimum Gasteiger partial charge on any atom is -0.465 e. The Morgan fingerprint density at radius 1 is 1.45 bits per heavy atom. The van der Waals surface area contributed by atoms with Crippen molar-refractivity contribution in [2.75, 3.05) is 5.32 Å². The second kappa shape index (κ2) is 8.62. The van der Waals surface area contributed by atoms with Crippen LogP contribution in [-0.4, -0.2) is 55.4 Å². The van der Waals surface area contributed by atoms with Gasteiger partial charge in [0.15, 0.2) is 5.82 Å². The molecule has 0 saturated heterocycles. The number of nitrogens with zero attached hydrogens (tertiary/aromatic N) is 3. The number of rotatable bonds is 7. The Hall–Kier alpha value is -2.91. The fourth-order valence-electron chi connectivity index (χ4n) is 3.79. The van der Waals surface area contributed by atoms with Crippen molar-refractivity contribution < 1.29 is 23.5 Å². The van der Waals surface area contributed by atoms with Gasteiger partial charge < -0.3 is 14.8 Å². The lowest BCUT2D eigenvalue weighted by Gasteiger charge is -2.33. The Balaban J connectivity index is 1.59. The lowest BCUT2D eigenvalue weighted by molar-refractivity contribution is -0.115. The van der Waals surface area contributed by atoms with Crippen LogP contribution in [0.5, 0.6) is 0 Å². The van der Waals surface area contributed by atoms with Gasteiger partial charge in [0.25, 0.3) is 0 Å². The van der Waals surface area contributed by atoms with Gasteiger partial charge in [0.2, 0.25) is 11.8 Å². The number of anilines is 1. The van der Waals surface area contributed by atoms with Gasteiger partial charge in [-0.15, -0.1) is 0 Å². The topological polar surface area (TPSA) is 124 Å². The highest BCUT2D eigenvalue weighted by molar-refractivity contribution is 5.90. The van der Waals surface area contributed by atoms with Crippen LogP contribution in [0.4, 0.5) is 15.0 Å². The van der Waals surface area contributed by atoms with Gasteiger partial charge in [0.1, 0.15) is 18.4 Å². The van der Waals surface area contributed by atoms with Crippen molar-refractivity contribution in [1.29, 1.82) is 0 Å². The number of aromatic nitrogens is 3. The van der Waals surface area contributed by atoms with Crippen molar-refractivity contribution in [3.05, 3.63) is 29.6 Å². The molecule has 1 aliphatic rings. The number of aromatic amines is 1. The molecule has 29 heavy (non-hydrogen) atoms. The van der Waals surface area contributed by atoms with Crippen LogP contribution in [0, 0.1) is 6.92 Å². The monoisotopic (exact) mass is 407 g/mol. The van der Waals surface area contributed by atoms with Crippen molar-refractivity contribution in [2.24, 2.45) is 0 Å². The van der Waals surface area contributed by atoms with Crippen LogP contribution in [0.3, 0.4) is 0 Å². The maximum Gasteiger partial charge on any atom is 0.407 e. The first-order valence-electron chi connectivity index (χ1n) is 9.66. The first-order chi connectivity index (χ1) is 13.7. The number of alkyl halides is 1. The van der Waals surface area contributed by atoms with Crippen molar-refractivity contribution in [1.82, 2.24) is 20.1 Å². The molecule has 3 rings (SSSR count). The quantitative estimate of drug-likeness (QED) is 0.647. The maximum atomic E-state index is 13.7. The van der Waals surface area contributed by atoms with Crippen molar-refractivity contribution in [3.63, 3.8) is 0 Å². The van der Waals surface area contributed by atoms with Crippen LogP contribution in [0.2, 0.25) is 0 Å². The summed E-state index contributed by atoms with van der Waals surface area (Å²) in [5.74, 6) is 1.13. The fraction of sp³-hybridized carbons (Fsp3) is 0.579. The summed E-state index contributed by atoms with van der Waals surface area (Å²) in [6.45, 7) is 4.71. The highest BCUT2D eigenvalue weighted by atomic mass is 19.1. The van der Waals surface area contributed by atoms with Gasteiger partial charge in [-0.25, -0.2) is 14.2 Å². The molecule has 2 aromatic rings. The number of halogens is 1. The number of H-pyrrole nitrogens is 1. The SMILES string of the molecule is Cc1cnc(CC(=O)Nc2cc([C@H]3CC[C@@H](N(C(=O)O)C(C)C(C)F)C3)[nH]n2)o1. The third kappa shape index (κ3) is 4.93. The number of hydrogen-bond acceptors (Lipinski definition) is 5. The molecule has 9 nitrogen and oxygen atoms in total. The molecule has 4 atom stereocenters. The summed E-state index contributed by atoms with van der Waals surface area (Å²) >= 11 is 0. The molecule has 2 unspecified atom stereocenters. The number of hydrogen-bond donors (Lipinski definition) is 3. The van der Waals surface area contributed by atoms with E-state index in [2.05, 4.69) is 20.5 Å². The Labute approximate surface area is 167 Å². The van der Waals surface area contributed by atoms with Gasteiger partial charge in [-0.05, 0) is 40.0 Å². The largest absolute Gasteiger partial charge is 0.465 e. The molecule has 2 heterocycles.